The van der Waals surface area contributed by atoms with Gasteiger partial charge < -0.3 is 33.3 Å². The van der Waals surface area contributed by atoms with Gasteiger partial charge in [0.1, 0.15) is 13.1 Å². The number of methoxy groups -OCH3 is 1. The van der Waals surface area contributed by atoms with Crippen LogP contribution < -0.4 is 5.11 Å². The summed E-state index contributed by atoms with van der Waals surface area (Å²) in [5, 5.41) is 9.93. The fourth-order valence-corrected chi connectivity index (χ4v) is 1.72. The number of ether oxygens (including phenoxy) is 4. The van der Waals surface area contributed by atoms with Crippen LogP contribution >= 0.6 is 0 Å². The lowest BCUT2D eigenvalue weighted by Gasteiger charge is -2.36. The number of carboxylic acid groups (broad SMARTS) is 1. The summed E-state index contributed by atoms with van der Waals surface area (Å²) in [4.78, 5) is 9.93. The number of hydrogen-bond acceptors (Lipinski definition) is 6. The maximum absolute atomic E-state index is 9.93. The van der Waals surface area contributed by atoms with Crippen molar-refractivity contribution in [2.45, 2.75) is 13.3 Å². The first-order chi connectivity index (χ1) is 10.5. The molecule has 1 heterocycles. The minimum absolute atomic E-state index is 0.0714. The second-order valence-electron chi connectivity index (χ2n) is 5.33. The van der Waals surface area contributed by atoms with Crippen LogP contribution in [-0.2, 0) is 23.7 Å². The van der Waals surface area contributed by atoms with E-state index in [2.05, 4.69) is 14.0 Å². The molecular weight excluding hydrogens is 290 g/mol. The third kappa shape index (κ3) is 13.0. The highest BCUT2D eigenvalue weighted by atomic mass is 16.5. The van der Waals surface area contributed by atoms with Crippen LogP contribution in [0.3, 0.4) is 0 Å². The molecule has 0 aromatic heterocycles. The first kappa shape index (κ1) is 21.3. The molecule has 1 aliphatic rings. The molecule has 22 heavy (non-hydrogen) atoms. The van der Waals surface area contributed by atoms with E-state index in [0.717, 1.165) is 13.2 Å². The molecule has 132 valence electrons. The van der Waals surface area contributed by atoms with Gasteiger partial charge in [0.05, 0.1) is 59.8 Å². The topological polar surface area (TPSA) is 77.0 Å². The van der Waals surface area contributed by atoms with Crippen molar-refractivity contribution in [1.82, 2.24) is 0 Å². The Morgan fingerprint density at radius 1 is 1.09 bits per heavy atom. The van der Waals surface area contributed by atoms with E-state index in [1.165, 1.54) is 24.1 Å². The summed E-state index contributed by atoms with van der Waals surface area (Å²) in [5.41, 5.74) is 0. The summed E-state index contributed by atoms with van der Waals surface area (Å²) in [6, 6.07) is 0. The zero-order chi connectivity index (χ0) is 16.7. The average Bonchev–Trinajstić information content (AvgIpc) is 2.51. The van der Waals surface area contributed by atoms with E-state index < -0.39 is 5.97 Å². The van der Waals surface area contributed by atoms with Crippen molar-refractivity contribution in [1.29, 1.82) is 0 Å². The third-order valence-electron chi connectivity index (χ3n) is 3.57. The van der Waals surface area contributed by atoms with E-state index in [1.54, 1.807) is 7.11 Å². The number of quaternary nitrogens is 1. The smallest absolute Gasteiger partial charge is 0.102 e. The maximum Gasteiger partial charge on any atom is 0.102 e. The monoisotopic (exact) mass is 321 g/mol. The van der Waals surface area contributed by atoms with Crippen LogP contribution in [0.2, 0.25) is 0 Å². The Morgan fingerprint density at radius 3 is 2.09 bits per heavy atom. The van der Waals surface area contributed by atoms with Crippen molar-refractivity contribution in [2.24, 2.45) is 0 Å². The number of nitrogens with zero attached hydrogens (tertiary/aromatic N) is 1. The molecule has 0 aromatic carbocycles. The number of likely N-dealkylation sites (N-methyl/N-ethyl adjacent to an activating group) is 1. The molecule has 1 fully saturated rings. The molecule has 0 atom stereocenters. The summed E-state index contributed by atoms with van der Waals surface area (Å²) in [5.74, 6) is -1.10. The van der Waals surface area contributed by atoms with Gasteiger partial charge >= 0.3 is 0 Å². The van der Waals surface area contributed by atoms with Gasteiger partial charge in [0, 0.05) is 19.5 Å². The van der Waals surface area contributed by atoms with E-state index in [0.29, 0.717) is 26.4 Å². The molecule has 7 heteroatoms. The van der Waals surface area contributed by atoms with Gasteiger partial charge in [-0.1, -0.05) is 0 Å². The average molecular weight is 321 g/mol. The minimum atomic E-state index is -1.10. The zero-order valence-corrected chi connectivity index (χ0v) is 14.2. The number of carboxylic acids is 1. The minimum Gasteiger partial charge on any atom is -0.550 e. The van der Waals surface area contributed by atoms with Gasteiger partial charge in [0.25, 0.3) is 0 Å². The van der Waals surface area contributed by atoms with E-state index in [-0.39, 0.29) is 13.0 Å². The van der Waals surface area contributed by atoms with E-state index >= 15 is 0 Å². The molecule has 0 radical (unpaired) electrons. The van der Waals surface area contributed by atoms with Gasteiger partial charge in [-0.2, -0.15) is 0 Å². The molecule has 0 amide bonds. The number of rotatable bonds is 10. The van der Waals surface area contributed by atoms with Gasteiger partial charge in [-0.15, -0.1) is 0 Å². The Bertz CT molecular complexity index is 269. The Labute approximate surface area is 133 Å². The van der Waals surface area contributed by atoms with Gasteiger partial charge in [0.15, 0.2) is 0 Å². The highest BCUT2D eigenvalue weighted by Crippen LogP contribution is 2.05. The van der Waals surface area contributed by atoms with Gasteiger partial charge in [-0.25, -0.2) is 0 Å². The Hall–Kier alpha value is -0.730. The Morgan fingerprint density at radius 2 is 1.64 bits per heavy atom. The molecule has 1 saturated heterocycles. The number of carbonyl (C=O) groups excluding carboxylic acids is 1. The second-order valence-corrected chi connectivity index (χ2v) is 5.33. The van der Waals surface area contributed by atoms with Crippen LogP contribution in [0.15, 0.2) is 0 Å². The highest BCUT2D eigenvalue weighted by Gasteiger charge is 2.21. The molecule has 1 rings (SSSR count). The molecule has 0 spiro atoms. The highest BCUT2D eigenvalue weighted by molar-refractivity contribution is 5.64. The SMILES string of the molecule is CC[N+]1(C)CCOCC1.COCCOCCOCCC(=O)[O-]. The predicted octanol–water partition coefficient (Wildman–Crippen LogP) is -0.711. The van der Waals surface area contributed by atoms with Crippen molar-refractivity contribution >= 4 is 5.97 Å². The van der Waals surface area contributed by atoms with Crippen molar-refractivity contribution < 1.29 is 33.3 Å². The zero-order valence-electron chi connectivity index (χ0n) is 14.2. The fourth-order valence-electron chi connectivity index (χ4n) is 1.72. The second kappa shape index (κ2) is 13.9. The largest absolute Gasteiger partial charge is 0.550 e. The molecule has 0 aromatic rings. The van der Waals surface area contributed by atoms with Crippen molar-refractivity contribution in [2.75, 3.05) is 80.0 Å². The summed E-state index contributed by atoms with van der Waals surface area (Å²) in [6.07, 6.45) is -0.0714. The quantitative estimate of drug-likeness (QED) is 0.391. The van der Waals surface area contributed by atoms with E-state index in [4.69, 9.17) is 18.9 Å². The Kier molecular flexibility index (Phi) is 13.4. The van der Waals surface area contributed by atoms with E-state index in [9.17, 15) is 9.90 Å². The fraction of sp³-hybridized carbons (Fsp3) is 0.933. The maximum atomic E-state index is 9.93. The van der Waals surface area contributed by atoms with Crippen LogP contribution in [-0.4, -0.2) is 90.5 Å². The number of morpholine rings is 1. The van der Waals surface area contributed by atoms with Crippen LogP contribution in [0.1, 0.15) is 13.3 Å². The summed E-state index contributed by atoms with van der Waals surface area (Å²) >= 11 is 0. The molecule has 0 bridgehead atoms. The van der Waals surface area contributed by atoms with Gasteiger partial charge in [-0.3, -0.25) is 0 Å². The standard InChI is InChI=1S/C8H16O5.C7H16NO/c1-11-4-5-13-7-6-12-3-2-8(9)10;1-3-8(2)4-6-9-7-5-8/h2-7H2,1H3,(H,9,10);3-7H2,1-2H3/q;+1/p-1. The summed E-state index contributed by atoms with van der Waals surface area (Å²) in [6.45, 7) is 9.87. The van der Waals surface area contributed by atoms with Crippen LogP contribution in [0.4, 0.5) is 0 Å². The van der Waals surface area contributed by atoms with E-state index in [1.807, 2.05) is 0 Å². The molecule has 0 unspecified atom stereocenters. The summed E-state index contributed by atoms with van der Waals surface area (Å²) < 4.78 is 21.2. The number of aliphatic carboxylic acids is 1. The third-order valence-corrected chi connectivity index (χ3v) is 3.57. The Balaban J connectivity index is 0.000000425. The lowest BCUT2D eigenvalue weighted by molar-refractivity contribution is -0.915. The van der Waals surface area contributed by atoms with Gasteiger partial charge in [0.2, 0.25) is 0 Å². The first-order valence-corrected chi connectivity index (χ1v) is 7.79. The number of hydrogen-bond donors (Lipinski definition) is 0. The van der Waals surface area contributed by atoms with Crippen LogP contribution in [0, 0.1) is 0 Å². The molecule has 1 aliphatic heterocycles. The van der Waals surface area contributed by atoms with Crippen molar-refractivity contribution in [3.8, 4) is 0 Å². The molecule has 0 N–H and O–H groups in total. The molecule has 7 nitrogen and oxygen atoms in total. The number of carbonyl (C=O) groups is 1. The molecule has 0 saturated carbocycles. The van der Waals surface area contributed by atoms with Crippen molar-refractivity contribution in [3.63, 3.8) is 0 Å². The first-order valence-electron chi connectivity index (χ1n) is 7.79. The van der Waals surface area contributed by atoms with Gasteiger partial charge in [-0.05, 0) is 6.92 Å². The van der Waals surface area contributed by atoms with Crippen LogP contribution in [0.5, 0.6) is 0 Å². The van der Waals surface area contributed by atoms with Crippen molar-refractivity contribution in [3.05, 3.63) is 0 Å². The lowest BCUT2D eigenvalue weighted by atomic mass is 10.3. The lowest BCUT2D eigenvalue weighted by Crippen LogP contribution is -2.51. The van der Waals surface area contributed by atoms with Crippen LogP contribution in [0.25, 0.3) is 0 Å². The predicted molar refractivity (Wildman–Crippen MR) is 80.4 cm³/mol. The molecular formula is C15H31NO6. The molecule has 0 aliphatic carbocycles. The normalized spacial score (nSPS) is 16.7. The summed E-state index contributed by atoms with van der Waals surface area (Å²) in [7, 11) is 3.89.